The van der Waals surface area contributed by atoms with Crippen LogP contribution in [0.25, 0.3) is 0 Å². The van der Waals surface area contributed by atoms with Gasteiger partial charge in [-0.3, -0.25) is 4.79 Å². The Morgan fingerprint density at radius 2 is 2.14 bits per heavy atom. The van der Waals surface area contributed by atoms with Gasteiger partial charge in [0.2, 0.25) is 5.91 Å². The lowest BCUT2D eigenvalue weighted by Crippen LogP contribution is -2.27. The largest absolute Gasteiger partial charge is 0.398 e. The van der Waals surface area contributed by atoms with Gasteiger partial charge in [0.15, 0.2) is 0 Å². The lowest BCUT2D eigenvalue weighted by atomic mass is 10.2. The normalized spacial score (nSPS) is 10.6. The number of halogens is 1. The molecular formula is C15H17ClN2OS2. The van der Waals surface area contributed by atoms with Crippen molar-refractivity contribution in [1.82, 2.24) is 4.90 Å². The summed E-state index contributed by atoms with van der Waals surface area (Å²) in [6.45, 7) is 2.55. The van der Waals surface area contributed by atoms with Crippen LogP contribution in [0.4, 0.5) is 5.69 Å². The minimum absolute atomic E-state index is 0.0745. The van der Waals surface area contributed by atoms with Crippen molar-refractivity contribution < 1.29 is 4.79 Å². The highest BCUT2D eigenvalue weighted by Gasteiger charge is 2.12. The quantitative estimate of drug-likeness (QED) is 0.660. The van der Waals surface area contributed by atoms with Crippen LogP contribution in [0.3, 0.4) is 0 Å². The maximum absolute atomic E-state index is 12.2. The maximum atomic E-state index is 12.2. The molecule has 112 valence electrons. The van der Waals surface area contributed by atoms with Crippen molar-refractivity contribution in [3.8, 4) is 0 Å². The SMILES string of the molecule is Cc1cccc(SCC(=O)N(C)Cc2ccc(Cl)s2)c1N. The first-order chi connectivity index (χ1) is 9.97. The molecule has 0 aliphatic carbocycles. The van der Waals surface area contributed by atoms with E-state index in [1.807, 2.05) is 37.3 Å². The summed E-state index contributed by atoms with van der Waals surface area (Å²) in [6, 6.07) is 9.66. The van der Waals surface area contributed by atoms with Crippen LogP contribution in [-0.2, 0) is 11.3 Å². The number of nitrogen functional groups attached to an aromatic ring is 1. The molecule has 0 aliphatic heterocycles. The first kappa shape index (κ1) is 16.2. The Labute approximate surface area is 138 Å². The predicted octanol–water partition coefficient (Wildman–Crippen LogP) is 4.04. The molecule has 1 aromatic heterocycles. The molecule has 0 aliphatic rings. The van der Waals surface area contributed by atoms with E-state index < -0.39 is 0 Å². The summed E-state index contributed by atoms with van der Waals surface area (Å²) >= 11 is 8.87. The Bertz CT molecular complexity index is 642. The lowest BCUT2D eigenvalue weighted by molar-refractivity contribution is -0.127. The average molecular weight is 341 g/mol. The molecule has 0 bridgehead atoms. The van der Waals surface area contributed by atoms with E-state index in [2.05, 4.69) is 0 Å². The molecule has 0 saturated heterocycles. The Kier molecular flexibility index (Phi) is 5.56. The molecular weight excluding hydrogens is 324 g/mol. The molecule has 2 aromatic rings. The number of carbonyl (C=O) groups excluding carboxylic acids is 1. The van der Waals surface area contributed by atoms with Gasteiger partial charge in [0.1, 0.15) is 0 Å². The zero-order valence-corrected chi connectivity index (χ0v) is 14.3. The van der Waals surface area contributed by atoms with Crippen LogP contribution in [0, 0.1) is 6.92 Å². The number of para-hydroxylation sites is 1. The number of hydrogen-bond donors (Lipinski definition) is 1. The number of thiophene rings is 1. The molecule has 0 unspecified atom stereocenters. The van der Waals surface area contributed by atoms with Gasteiger partial charge in [0, 0.05) is 22.5 Å². The lowest BCUT2D eigenvalue weighted by Gasteiger charge is -2.16. The molecule has 1 heterocycles. The van der Waals surface area contributed by atoms with E-state index in [1.165, 1.54) is 23.1 Å². The van der Waals surface area contributed by atoms with Gasteiger partial charge in [-0.2, -0.15) is 0 Å². The third kappa shape index (κ3) is 4.40. The number of nitrogens with zero attached hydrogens (tertiary/aromatic N) is 1. The summed E-state index contributed by atoms with van der Waals surface area (Å²) < 4.78 is 0.743. The number of amides is 1. The smallest absolute Gasteiger partial charge is 0.233 e. The van der Waals surface area contributed by atoms with Gasteiger partial charge in [-0.25, -0.2) is 0 Å². The van der Waals surface area contributed by atoms with Gasteiger partial charge < -0.3 is 10.6 Å². The summed E-state index contributed by atoms with van der Waals surface area (Å²) in [5, 5.41) is 0. The van der Waals surface area contributed by atoms with Crippen molar-refractivity contribution in [2.24, 2.45) is 0 Å². The van der Waals surface area contributed by atoms with Crippen LogP contribution >= 0.6 is 34.7 Å². The van der Waals surface area contributed by atoms with Crippen LogP contribution in [-0.4, -0.2) is 23.6 Å². The van der Waals surface area contributed by atoms with Gasteiger partial charge in [-0.15, -0.1) is 23.1 Å². The molecule has 1 amide bonds. The van der Waals surface area contributed by atoms with Crippen LogP contribution in [0.1, 0.15) is 10.4 Å². The van der Waals surface area contributed by atoms with Crippen molar-refractivity contribution in [3.05, 3.63) is 45.1 Å². The second kappa shape index (κ2) is 7.20. The third-order valence-electron chi connectivity index (χ3n) is 3.08. The Morgan fingerprint density at radius 1 is 1.38 bits per heavy atom. The molecule has 6 heteroatoms. The van der Waals surface area contributed by atoms with E-state index in [-0.39, 0.29) is 5.91 Å². The maximum Gasteiger partial charge on any atom is 0.233 e. The average Bonchev–Trinajstić information content (AvgIpc) is 2.85. The predicted molar refractivity (Wildman–Crippen MR) is 92.1 cm³/mol. The number of thioether (sulfide) groups is 1. The van der Waals surface area contributed by atoms with Crippen LogP contribution < -0.4 is 5.73 Å². The highest BCUT2D eigenvalue weighted by Crippen LogP contribution is 2.28. The number of hydrogen-bond acceptors (Lipinski definition) is 4. The molecule has 0 radical (unpaired) electrons. The first-order valence-corrected chi connectivity index (χ1v) is 8.61. The number of anilines is 1. The minimum Gasteiger partial charge on any atom is -0.398 e. The molecule has 2 rings (SSSR count). The van der Waals surface area contributed by atoms with Crippen LogP contribution in [0.2, 0.25) is 4.34 Å². The fourth-order valence-corrected chi connectivity index (χ4v) is 3.92. The standard InChI is InChI=1S/C15H17ClN2OS2/c1-10-4-3-5-12(15(10)17)20-9-14(19)18(2)8-11-6-7-13(16)21-11/h3-7H,8-9,17H2,1-2H3. The third-order valence-corrected chi connectivity index (χ3v) is 5.36. The molecule has 2 N–H and O–H groups in total. The molecule has 1 aromatic carbocycles. The van der Waals surface area contributed by atoms with Gasteiger partial charge in [0.25, 0.3) is 0 Å². The van der Waals surface area contributed by atoms with Crippen molar-refractivity contribution >= 4 is 46.3 Å². The highest BCUT2D eigenvalue weighted by atomic mass is 35.5. The van der Waals surface area contributed by atoms with E-state index in [0.717, 1.165) is 25.4 Å². The Morgan fingerprint density at radius 3 is 2.81 bits per heavy atom. The summed E-state index contributed by atoms with van der Waals surface area (Å²) in [6.07, 6.45) is 0. The van der Waals surface area contributed by atoms with Crippen molar-refractivity contribution in [3.63, 3.8) is 0 Å². The van der Waals surface area contributed by atoms with Gasteiger partial charge in [-0.1, -0.05) is 23.7 Å². The van der Waals surface area contributed by atoms with Gasteiger partial charge >= 0.3 is 0 Å². The summed E-state index contributed by atoms with van der Waals surface area (Å²) in [5.74, 6) is 0.453. The summed E-state index contributed by atoms with van der Waals surface area (Å²) in [4.78, 5) is 15.9. The minimum atomic E-state index is 0.0745. The molecule has 0 saturated carbocycles. The van der Waals surface area contributed by atoms with Crippen molar-refractivity contribution in [2.45, 2.75) is 18.4 Å². The molecule has 0 spiro atoms. The van der Waals surface area contributed by atoms with Gasteiger partial charge in [-0.05, 0) is 30.7 Å². The first-order valence-electron chi connectivity index (χ1n) is 6.43. The fraction of sp³-hybridized carbons (Fsp3) is 0.267. The number of benzene rings is 1. The Hall–Kier alpha value is -1.17. The fourth-order valence-electron chi connectivity index (χ4n) is 1.79. The zero-order chi connectivity index (χ0) is 15.4. The second-order valence-electron chi connectivity index (χ2n) is 4.73. The highest BCUT2D eigenvalue weighted by molar-refractivity contribution is 8.00. The topological polar surface area (TPSA) is 46.3 Å². The van der Waals surface area contributed by atoms with Crippen LogP contribution in [0.15, 0.2) is 35.2 Å². The number of carbonyl (C=O) groups is 1. The van der Waals surface area contributed by atoms with E-state index in [0.29, 0.717) is 12.3 Å². The van der Waals surface area contributed by atoms with Crippen molar-refractivity contribution in [2.75, 3.05) is 18.5 Å². The van der Waals surface area contributed by atoms with E-state index >= 15 is 0 Å². The number of aryl methyl sites for hydroxylation is 1. The summed E-state index contributed by atoms with van der Waals surface area (Å²) in [5.41, 5.74) is 7.80. The molecule has 0 fully saturated rings. The van der Waals surface area contributed by atoms with E-state index in [9.17, 15) is 4.79 Å². The molecule has 0 atom stereocenters. The van der Waals surface area contributed by atoms with Gasteiger partial charge in [0.05, 0.1) is 16.6 Å². The van der Waals surface area contributed by atoms with Crippen LogP contribution in [0.5, 0.6) is 0 Å². The molecule has 21 heavy (non-hydrogen) atoms. The number of nitrogens with two attached hydrogens (primary N) is 1. The summed E-state index contributed by atoms with van der Waals surface area (Å²) in [7, 11) is 1.80. The molecule has 3 nitrogen and oxygen atoms in total. The van der Waals surface area contributed by atoms with E-state index in [4.69, 9.17) is 17.3 Å². The zero-order valence-electron chi connectivity index (χ0n) is 11.9. The monoisotopic (exact) mass is 340 g/mol. The number of rotatable bonds is 5. The Balaban J connectivity index is 1.90. The second-order valence-corrected chi connectivity index (χ2v) is 7.55. The van der Waals surface area contributed by atoms with Crippen molar-refractivity contribution in [1.29, 1.82) is 0 Å². The van der Waals surface area contributed by atoms with E-state index in [1.54, 1.807) is 11.9 Å².